The van der Waals surface area contributed by atoms with E-state index >= 15 is 0 Å². The first-order valence-electron chi connectivity index (χ1n) is 13.8. The van der Waals surface area contributed by atoms with Gasteiger partial charge in [-0.2, -0.15) is 0 Å². The van der Waals surface area contributed by atoms with Crippen LogP contribution < -0.4 is 22.5 Å². The summed E-state index contributed by atoms with van der Waals surface area (Å²) in [6.45, 7) is 1.74. The van der Waals surface area contributed by atoms with Gasteiger partial charge in [0.1, 0.15) is 17.9 Å². The van der Waals surface area contributed by atoms with Crippen LogP contribution in [0.3, 0.4) is 0 Å². The molecule has 1 aromatic heterocycles. The molecule has 2 saturated heterocycles. The molecule has 3 aromatic rings. The fraction of sp³-hybridized carbons (Fsp3) is 0.448. The number of carbonyl (C=O) groups excluding carboxylic acids is 3. The minimum atomic E-state index is -1.08. The minimum absolute atomic E-state index is 0.0297. The van der Waals surface area contributed by atoms with Crippen molar-refractivity contribution in [3.8, 4) is 0 Å². The van der Waals surface area contributed by atoms with Gasteiger partial charge < -0.3 is 17.2 Å². The van der Waals surface area contributed by atoms with Crippen molar-refractivity contribution in [3.63, 3.8) is 0 Å². The topological polar surface area (TPSA) is 161 Å². The zero-order chi connectivity index (χ0) is 28.3. The van der Waals surface area contributed by atoms with Crippen molar-refractivity contribution in [1.82, 2.24) is 20.3 Å². The van der Waals surface area contributed by atoms with Gasteiger partial charge in [-0.15, -0.1) is 11.3 Å². The number of rotatable bonds is 12. The van der Waals surface area contributed by atoms with Gasteiger partial charge >= 0.3 is 0 Å². The first-order chi connectivity index (χ1) is 19.2. The number of nitrogens with two attached hydrogens (primary N) is 3. The maximum atomic E-state index is 13.8. The monoisotopic (exact) mass is 563 g/mol. The van der Waals surface area contributed by atoms with Crippen LogP contribution in [0.4, 0.5) is 0 Å². The summed E-state index contributed by atoms with van der Waals surface area (Å²) in [7, 11) is 0. The first kappa shape index (κ1) is 28.5. The Hall–Kier alpha value is -3.06. The lowest BCUT2D eigenvalue weighted by Crippen LogP contribution is -2.66. The van der Waals surface area contributed by atoms with Crippen molar-refractivity contribution in [2.45, 2.75) is 56.4 Å². The van der Waals surface area contributed by atoms with E-state index in [4.69, 9.17) is 17.2 Å². The van der Waals surface area contributed by atoms with E-state index in [0.717, 1.165) is 15.8 Å². The molecule has 0 spiro atoms. The number of thiazole rings is 1. The highest BCUT2D eigenvalue weighted by atomic mass is 32.1. The normalized spacial score (nSPS) is 22.1. The molecule has 3 heterocycles. The Kier molecular flexibility index (Phi) is 8.69. The van der Waals surface area contributed by atoms with Gasteiger partial charge in [0.15, 0.2) is 16.6 Å². The average molecular weight is 564 g/mol. The second kappa shape index (κ2) is 12.2. The summed E-state index contributed by atoms with van der Waals surface area (Å²) >= 11 is 1.34. The lowest BCUT2D eigenvalue weighted by molar-refractivity contribution is -0.165. The molecule has 2 aliphatic rings. The van der Waals surface area contributed by atoms with Gasteiger partial charge in [-0.1, -0.05) is 42.5 Å². The molecule has 2 aromatic carbocycles. The standard InChI is InChI=1S/C29H37N7O3S/c30-28(31)33-14-6-9-20(25(38)26-34-21-10-4-5-11-24(21)40-26)17-23(37)22-12-15-35-16-13-29(32,27(39)36(22)35)18-19-7-2-1-3-8-19/h1-5,7-8,10-11,20,22,28,33H,6,9,12-18,30-32H2/t20-,22+,29-/m1/s1. The Bertz CT molecular complexity index is 1330. The largest absolute Gasteiger partial charge is 0.317 e. The molecule has 40 heavy (non-hydrogen) atoms. The van der Waals surface area contributed by atoms with E-state index in [9.17, 15) is 14.4 Å². The number of hydrogen-bond acceptors (Lipinski definition) is 10. The van der Waals surface area contributed by atoms with Gasteiger partial charge in [0, 0.05) is 25.4 Å². The van der Waals surface area contributed by atoms with E-state index in [-0.39, 0.29) is 23.9 Å². The molecule has 7 N–H and O–H groups in total. The molecule has 0 radical (unpaired) electrons. The fourth-order valence-corrected chi connectivity index (χ4v) is 6.73. The number of fused-ring (bicyclic) bond motifs is 2. The van der Waals surface area contributed by atoms with Crippen LogP contribution in [-0.2, 0) is 16.0 Å². The second-order valence-corrected chi connectivity index (χ2v) is 11.8. The maximum absolute atomic E-state index is 13.8. The highest BCUT2D eigenvalue weighted by Gasteiger charge is 2.50. The van der Waals surface area contributed by atoms with Gasteiger partial charge in [-0.25, -0.2) is 9.99 Å². The predicted molar refractivity (Wildman–Crippen MR) is 155 cm³/mol. The van der Waals surface area contributed by atoms with Gasteiger partial charge in [0.25, 0.3) is 5.91 Å². The third-order valence-electron chi connectivity index (χ3n) is 7.88. The Morgan fingerprint density at radius 3 is 2.60 bits per heavy atom. The van der Waals surface area contributed by atoms with E-state index in [1.54, 1.807) is 5.01 Å². The molecule has 3 atom stereocenters. The summed E-state index contributed by atoms with van der Waals surface area (Å²) in [5, 5.41) is 6.88. The molecule has 0 bridgehead atoms. The Balaban J connectivity index is 1.32. The van der Waals surface area contributed by atoms with Crippen molar-refractivity contribution < 1.29 is 14.4 Å². The van der Waals surface area contributed by atoms with Gasteiger partial charge in [0.05, 0.1) is 10.2 Å². The van der Waals surface area contributed by atoms with Crippen LogP contribution in [0.15, 0.2) is 54.6 Å². The summed E-state index contributed by atoms with van der Waals surface area (Å²) in [5.74, 6) is -1.06. The third kappa shape index (κ3) is 6.14. The van der Waals surface area contributed by atoms with E-state index in [1.165, 1.54) is 11.3 Å². The van der Waals surface area contributed by atoms with Crippen molar-refractivity contribution in [2.24, 2.45) is 23.1 Å². The van der Waals surface area contributed by atoms with Crippen LogP contribution in [0, 0.1) is 5.92 Å². The van der Waals surface area contributed by atoms with Gasteiger partial charge in [-0.3, -0.25) is 24.7 Å². The number of aromatic nitrogens is 1. The van der Waals surface area contributed by atoms with Crippen LogP contribution in [-0.4, -0.2) is 70.0 Å². The van der Waals surface area contributed by atoms with E-state index in [0.29, 0.717) is 56.7 Å². The van der Waals surface area contributed by atoms with Crippen molar-refractivity contribution in [3.05, 3.63) is 65.2 Å². The number of benzene rings is 2. The molecule has 10 nitrogen and oxygen atoms in total. The van der Waals surface area contributed by atoms with Gasteiger partial charge in [-0.05, 0) is 56.3 Å². The molecule has 0 saturated carbocycles. The van der Waals surface area contributed by atoms with Crippen molar-refractivity contribution in [2.75, 3.05) is 19.6 Å². The summed E-state index contributed by atoms with van der Waals surface area (Å²) in [4.78, 5) is 45.8. The van der Waals surface area contributed by atoms with E-state index in [1.807, 2.05) is 59.6 Å². The molecule has 11 heteroatoms. The lowest BCUT2D eigenvalue weighted by atomic mass is 9.85. The number of ketones is 2. The molecule has 212 valence electrons. The molecule has 2 aliphatic heterocycles. The van der Waals surface area contributed by atoms with Crippen molar-refractivity contribution >= 4 is 39.0 Å². The Morgan fingerprint density at radius 1 is 1.10 bits per heavy atom. The maximum Gasteiger partial charge on any atom is 0.258 e. The number of nitrogens with zero attached hydrogens (tertiary/aromatic N) is 3. The van der Waals surface area contributed by atoms with Crippen molar-refractivity contribution in [1.29, 1.82) is 0 Å². The van der Waals surface area contributed by atoms with Crippen LogP contribution >= 0.6 is 11.3 Å². The van der Waals surface area contributed by atoms with Crippen LogP contribution in [0.1, 0.15) is 47.5 Å². The van der Waals surface area contributed by atoms with Gasteiger partial charge in [0.2, 0.25) is 0 Å². The number of carbonyl (C=O) groups is 3. The number of hydrazine groups is 1. The highest BCUT2D eigenvalue weighted by Crippen LogP contribution is 2.33. The third-order valence-corrected chi connectivity index (χ3v) is 8.93. The SMILES string of the molecule is NC(N)NCCC[C@H](CC(=O)[C@@H]1CCN2CC[C@@](N)(Cc3ccccc3)C(=O)N12)C(=O)c1nc2ccccc2s1. The summed E-state index contributed by atoms with van der Waals surface area (Å²) in [6.07, 6.45) is 1.92. The second-order valence-electron chi connectivity index (χ2n) is 10.8. The average Bonchev–Trinajstić information content (AvgIpc) is 3.57. The molecular formula is C29H37N7O3S. The fourth-order valence-electron chi connectivity index (χ4n) is 5.75. The zero-order valence-corrected chi connectivity index (χ0v) is 23.3. The van der Waals surface area contributed by atoms with Crippen LogP contribution in [0.5, 0.6) is 0 Å². The summed E-state index contributed by atoms with van der Waals surface area (Å²) < 4.78 is 0.926. The Labute approximate surface area is 237 Å². The number of para-hydroxylation sites is 1. The number of nitrogens with one attached hydrogen (secondary N) is 1. The molecular weight excluding hydrogens is 526 g/mol. The van der Waals surface area contributed by atoms with E-state index < -0.39 is 23.8 Å². The molecule has 2 fully saturated rings. The summed E-state index contributed by atoms with van der Waals surface area (Å²) in [5.41, 5.74) is 18.6. The lowest BCUT2D eigenvalue weighted by Gasteiger charge is -2.44. The van der Waals surface area contributed by atoms with Crippen LogP contribution in [0.25, 0.3) is 10.2 Å². The quantitative estimate of drug-likeness (QED) is 0.146. The van der Waals surface area contributed by atoms with E-state index in [2.05, 4.69) is 10.3 Å². The Morgan fingerprint density at radius 2 is 1.85 bits per heavy atom. The highest BCUT2D eigenvalue weighted by molar-refractivity contribution is 7.20. The molecule has 0 aliphatic carbocycles. The van der Waals surface area contributed by atoms with Crippen LogP contribution in [0.2, 0.25) is 0 Å². The minimum Gasteiger partial charge on any atom is -0.317 e. The molecule has 1 amide bonds. The molecule has 0 unspecified atom stereocenters. The number of amides is 1. The predicted octanol–water partition coefficient (Wildman–Crippen LogP) is 1.79. The number of Topliss-reactive ketones (excluding diaryl/α,β-unsaturated/α-hetero) is 2. The molecule has 5 rings (SSSR count). The summed E-state index contributed by atoms with van der Waals surface area (Å²) in [6, 6.07) is 16.7. The zero-order valence-electron chi connectivity index (χ0n) is 22.5. The first-order valence-corrected chi connectivity index (χ1v) is 14.7. The smallest absolute Gasteiger partial charge is 0.258 e. The number of hydrogen-bond donors (Lipinski definition) is 4.